The van der Waals surface area contributed by atoms with E-state index in [-0.39, 0.29) is 18.5 Å². The predicted octanol–water partition coefficient (Wildman–Crippen LogP) is -0.677. The number of aromatic hydroxyl groups is 1. The Morgan fingerprint density at radius 3 is 2.56 bits per heavy atom. The van der Waals surface area contributed by atoms with Crippen molar-refractivity contribution >= 4 is 27.9 Å². The van der Waals surface area contributed by atoms with Crippen molar-refractivity contribution < 1.29 is 20.0 Å². The van der Waals surface area contributed by atoms with E-state index in [1.165, 1.54) is 25.7 Å². The first-order chi connectivity index (χ1) is 13.1. The van der Waals surface area contributed by atoms with Crippen LogP contribution in [-0.2, 0) is 0 Å². The first-order valence-electron chi connectivity index (χ1n) is 9.16. The van der Waals surface area contributed by atoms with Gasteiger partial charge in [-0.2, -0.15) is 4.52 Å². The third-order valence-corrected chi connectivity index (χ3v) is 6.58. The quantitative estimate of drug-likeness (QED) is 0.450. The molecule has 27 heavy (non-hydrogen) atoms. The number of fused-ring (bicyclic) bond motifs is 1. The molecule has 4 rings (SSSR count). The zero-order valence-corrected chi connectivity index (χ0v) is 16.7. The summed E-state index contributed by atoms with van der Waals surface area (Å²) in [5, 5.41) is 25.1. The second-order valence-electron chi connectivity index (χ2n) is 7.01. The van der Waals surface area contributed by atoms with Crippen LogP contribution in [0.1, 0.15) is 22.3 Å². The highest BCUT2D eigenvalue weighted by atomic mass is 35.5. The topological polar surface area (TPSA) is 79.5 Å². The number of benzene rings is 1. The number of rotatable bonds is 5. The fraction of sp³-hybridized carbons (Fsp3) is 0.444. The highest BCUT2D eigenvalue weighted by Gasteiger charge is 2.36. The molecular formula is C18H24ClN5O2S+2. The van der Waals surface area contributed by atoms with Gasteiger partial charge >= 0.3 is 0 Å². The number of piperazine rings is 1. The summed E-state index contributed by atoms with van der Waals surface area (Å²) in [5.41, 5.74) is 1.12. The second kappa shape index (κ2) is 7.73. The summed E-state index contributed by atoms with van der Waals surface area (Å²) >= 11 is 7.59. The first-order valence-corrected chi connectivity index (χ1v) is 10.4. The van der Waals surface area contributed by atoms with Gasteiger partial charge in [0.25, 0.3) is 0 Å². The van der Waals surface area contributed by atoms with E-state index in [1.807, 2.05) is 31.2 Å². The lowest BCUT2D eigenvalue weighted by Gasteiger charge is -2.34. The van der Waals surface area contributed by atoms with E-state index in [1.54, 1.807) is 0 Å². The average molecular weight is 410 g/mol. The normalized spacial score (nSPS) is 21.6. The van der Waals surface area contributed by atoms with Crippen LogP contribution in [0.15, 0.2) is 24.3 Å². The summed E-state index contributed by atoms with van der Waals surface area (Å²) in [6.07, 6.45) is 0. The molecule has 0 unspecified atom stereocenters. The number of thiazole rings is 1. The molecule has 3 aromatic rings. The van der Waals surface area contributed by atoms with Gasteiger partial charge in [-0.1, -0.05) is 35.1 Å². The molecule has 0 amide bonds. The highest BCUT2D eigenvalue weighted by molar-refractivity contribution is 7.17. The average Bonchev–Trinajstić information content (AvgIpc) is 3.16. The number of aryl methyl sites for hydroxylation is 1. The first kappa shape index (κ1) is 18.6. The van der Waals surface area contributed by atoms with Crippen LogP contribution in [0, 0.1) is 6.92 Å². The predicted molar refractivity (Wildman–Crippen MR) is 104 cm³/mol. The van der Waals surface area contributed by atoms with Crippen molar-refractivity contribution in [2.24, 2.45) is 0 Å². The van der Waals surface area contributed by atoms with Gasteiger partial charge in [-0.15, -0.1) is 5.10 Å². The molecule has 4 N–H and O–H groups in total. The van der Waals surface area contributed by atoms with Gasteiger partial charge in [0.15, 0.2) is 6.04 Å². The molecule has 2 aromatic heterocycles. The number of halogens is 1. The fourth-order valence-corrected chi connectivity index (χ4v) is 5.20. The molecule has 0 radical (unpaired) electrons. The molecule has 7 nitrogen and oxygen atoms in total. The minimum Gasteiger partial charge on any atom is -0.492 e. The minimum absolute atomic E-state index is 0.00625. The lowest BCUT2D eigenvalue weighted by atomic mass is 10.0. The third-order valence-electron chi connectivity index (χ3n) is 5.24. The van der Waals surface area contributed by atoms with Crippen LogP contribution in [0.3, 0.4) is 0 Å². The van der Waals surface area contributed by atoms with E-state index >= 15 is 0 Å². The maximum atomic E-state index is 10.8. The van der Waals surface area contributed by atoms with Crippen LogP contribution in [0.25, 0.3) is 4.96 Å². The van der Waals surface area contributed by atoms with Crippen molar-refractivity contribution in [3.05, 3.63) is 45.6 Å². The van der Waals surface area contributed by atoms with Gasteiger partial charge in [0.2, 0.25) is 10.8 Å². The summed E-state index contributed by atoms with van der Waals surface area (Å²) in [6, 6.07) is 7.87. The van der Waals surface area contributed by atoms with Gasteiger partial charge < -0.3 is 20.0 Å². The molecule has 1 saturated heterocycles. The van der Waals surface area contributed by atoms with E-state index in [4.69, 9.17) is 11.6 Å². The molecule has 3 heterocycles. The van der Waals surface area contributed by atoms with Crippen LogP contribution in [0.5, 0.6) is 5.88 Å². The highest BCUT2D eigenvalue weighted by Crippen LogP contribution is 2.35. The van der Waals surface area contributed by atoms with E-state index in [0.717, 1.165) is 43.2 Å². The monoisotopic (exact) mass is 409 g/mol. The van der Waals surface area contributed by atoms with E-state index in [0.29, 0.717) is 15.8 Å². The molecule has 0 bridgehead atoms. The lowest BCUT2D eigenvalue weighted by molar-refractivity contribution is -1.02. The van der Waals surface area contributed by atoms with Gasteiger partial charge in [-0.25, -0.2) is 4.98 Å². The summed E-state index contributed by atoms with van der Waals surface area (Å²) in [7, 11) is 0. The number of aliphatic hydroxyl groups is 1. The Kier molecular flexibility index (Phi) is 5.34. The van der Waals surface area contributed by atoms with Crippen molar-refractivity contribution in [2.45, 2.75) is 13.0 Å². The zero-order chi connectivity index (χ0) is 19.0. The van der Waals surface area contributed by atoms with Gasteiger partial charge in [-0.3, -0.25) is 0 Å². The number of nitrogens with one attached hydrogen (secondary N) is 2. The molecule has 1 aliphatic heterocycles. The van der Waals surface area contributed by atoms with Crippen molar-refractivity contribution in [1.29, 1.82) is 0 Å². The smallest absolute Gasteiger partial charge is 0.235 e. The Labute approximate surface area is 166 Å². The van der Waals surface area contributed by atoms with Gasteiger partial charge in [0.1, 0.15) is 43.4 Å². The van der Waals surface area contributed by atoms with E-state index in [2.05, 4.69) is 10.1 Å². The van der Waals surface area contributed by atoms with Crippen LogP contribution in [-0.4, -0.2) is 64.1 Å². The number of aliphatic hydroxyl groups excluding tert-OH is 1. The molecule has 144 valence electrons. The Balaban J connectivity index is 1.70. The molecule has 1 aromatic carbocycles. The summed E-state index contributed by atoms with van der Waals surface area (Å²) in [6.45, 7) is 6.77. The van der Waals surface area contributed by atoms with Crippen molar-refractivity contribution in [3.8, 4) is 5.88 Å². The van der Waals surface area contributed by atoms with Crippen LogP contribution >= 0.6 is 22.9 Å². The summed E-state index contributed by atoms with van der Waals surface area (Å²) < 4.78 is 1.53. The molecule has 0 aliphatic carbocycles. The number of quaternary nitrogens is 2. The third kappa shape index (κ3) is 3.68. The number of aromatic nitrogens is 3. The van der Waals surface area contributed by atoms with Crippen molar-refractivity contribution in [2.75, 3.05) is 39.3 Å². The lowest BCUT2D eigenvalue weighted by Crippen LogP contribution is -3.28. The molecule has 9 heteroatoms. The summed E-state index contributed by atoms with van der Waals surface area (Å²) in [5.74, 6) is 0.827. The molecule has 1 aliphatic rings. The molecule has 0 spiro atoms. The minimum atomic E-state index is 0.00625. The second-order valence-corrected chi connectivity index (χ2v) is 8.46. The molecular weight excluding hydrogens is 386 g/mol. The number of hydrogen-bond acceptors (Lipinski definition) is 5. The standard InChI is InChI=1S/C18H22ClN5O2S/c1-12-20-18-24(21-12)17(26)16(27-18)15(13-2-4-14(19)5-3-13)23-8-6-22(7-9-23)10-11-25/h2-5,15,25-26H,6-11H2,1H3/p+2/t15-/m0/s1. The van der Waals surface area contributed by atoms with Gasteiger partial charge in [-0.05, 0) is 19.1 Å². The Morgan fingerprint density at radius 2 is 1.93 bits per heavy atom. The van der Waals surface area contributed by atoms with Crippen LogP contribution in [0.2, 0.25) is 5.02 Å². The van der Waals surface area contributed by atoms with E-state index < -0.39 is 0 Å². The number of hydrogen-bond donors (Lipinski definition) is 4. The zero-order valence-electron chi connectivity index (χ0n) is 15.2. The summed E-state index contributed by atoms with van der Waals surface area (Å²) in [4.78, 5) is 8.84. The van der Waals surface area contributed by atoms with Crippen molar-refractivity contribution in [1.82, 2.24) is 14.6 Å². The van der Waals surface area contributed by atoms with Crippen LogP contribution < -0.4 is 9.80 Å². The maximum Gasteiger partial charge on any atom is 0.235 e. The van der Waals surface area contributed by atoms with Gasteiger partial charge in [0, 0.05) is 10.6 Å². The number of nitrogens with zero attached hydrogens (tertiary/aromatic N) is 3. The fourth-order valence-electron chi connectivity index (χ4n) is 3.89. The molecule has 0 saturated carbocycles. The van der Waals surface area contributed by atoms with Crippen molar-refractivity contribution in [3.63, 3.8) is 0 Å². The molecule has 1 fully saturated rings. The largest absolute Gasteiger partial charge is 0.492 e. The Bertz CT molecular complexity index is 918. The van der Waals surface area contributed by atoms with E-state index in [9.17, 15) is 10.2 Å². The maximum absolute atomic E-state index is 10.8. The Hall–Kier alpha value is -1.71. The molecule has 1 atom stereocenters. The van der Waals surface area contributed by atoms with Gasteiger partial charge in [0.05, 0.1) is 6.61 Å². The SMILES string of the molecule is Cc1nc2sc([C@H](c3ccc(Cl)cc3)[NH+]3CC[NH+](CCO)CC3)c(O)n2n1. The Morgan fingerprint density at radius 1 is 1.22 bits per heavy atom. The van der Waals surface area contributed by atoms with Crippen LogP contribution in [0.4, 0.5) is 0 Å².